The van der Waals surface area contributed by atoms with Gasteiger partial charge in [-0.2, -0.15) is 5.10 Å². The molecular weight excluding hydrogens is 256 g/mol. The van der Waals surface area contributed by atoms with Crippen LogP contribution >= 0.6 is 11.9 Å². The van der Waals surface area contributed by atoms with Gasteiger partial charge in [-0.25, -0.2) is 9.59 Å². The summed E-state index contributed by atoms with van der Waals surface area (Å²) in [7, 11) is 0. The van der Waals surface area contributed by atoms with Crippen LogP contribution in [0, 0.1) is 0 Å². The predicted octanol–water partition coefficient (Wildman–Crippen LogP) is 1.32. The molecule has 1 rings (SSSR count). The minimum absolute atomic E-state index is 0.0811. The normalized spacial score (nSPS) is 10.1. The van der Waals surface area contributed by atoms with Gasteiger partial charge in [0.15, 0.2) is 5.03 Å². The van der Waals surface area contributed by atoms with Gasteiger partial charge in [0.25, 0.3) is 0 Å². The zero-order valence-electron chi connectivity index (χ0n) is 10.3. The van der Waals surface area contributed by atoms with Crippen molar-refractivity contribution in [3.05, 3.63) is 11.8 Å². The van der Waals surface area contributed by atoms with Crippen molar-refractivity contribution < 1.29 is 14.7 Å². The van der Waals surface area contributed by atoms with Crippen molar-refractivity contribution in [3.8, 4) is 0 Å². The lowest BCUT2D eigenvalue weighted by atomic mass is 10.4. The molecular formula is C10H16N4O3S. The highest BCUT2D eigenvalue weighted by Crippen LogP contribution is 2.18. The van der Waals surface area contributed by atoms with Crippen molar-refractivity contribution in [3.63, 3.8) is 0 Å². The molecule has 3 N–H and O–H groups in total. The number of rotatable bonds is 6. The maximum atomic E-state index is 11.3. The summed E-state index contributed by atoms with van der Waals surface area (Å²) < 4.78 is 4.01. The van der Waals surface area contributed by atoms with Crippen LogP contribution in [0.4, 0.5) is 4.79 Å². The fraction of sp³-hybridized carbons (Fsp3) is 0.500. The first-order chi connectivity index (χ1) is 8.58. The highest BCUT2D eigenvalue weighted by atomic mass is 32.2. The van der Waals surface area contributed by atoms with Crippen molar-refractivity contribution in [2.45, 2.75) is 31.8 Å². The lowest BCUT2D eigenvalue weighted by molar-refractivity contribution is 0.0693. The molecule has 0 radical (unpaired) electrons. The number of nitrogens with one attached hydrogen (secondary N) is 2. The van der Waals surface area contributed by atoms with Crippen LogP contribution in [0.25, 0.3) is 0 Å². The number of aryl methyl sites for hydroxylation is 1. The summed E-state index contributed by atoms with van der Waals surface area (Å²) in [6, 6.07) is -0.357. The molecule has 0 spiro atoms. The summed E-state index contributed by atoms with van der Waals surface area (Å²) in [6.07, 6.45) is 2.28. The van der Waals surface area contributed by atoms with Gasteiger partial charge in [-0.3, -0.25) is 9.40 Å². The van der Waals surface area contributed by atoms with Crippen molar-refractivity contribution in [1.82, 2.24) is 19.8 Å². The number of hydrogen-bond donors (Lipinski definition) is 3. The van der Waals surface area contributed by atoms with Gasteiger partial charge in [0.2, 0.25) is 0 Å². The van der Waals surface area contributed by atoms with E-state index in [0.29, 0.717) is 13.1 Å². The summed E-state index contributed by atoms with van der Waals surface area (Å²) in [5.74, 6) is -1.06. The lowest BCUT2D eigenvalue weighted by Crippen LogP contribution is -2.31. The second kappa shape index (κ2) is 6.90. The summed E-state index contributed by atoms with van der Waals surface area (Å²) in [4.78, 5) is 22.3. The Morgan fingerprint density at radius 2 is 2.22 bits per heavy atom. The molecule has 0 saturated carbocycles. The number of nitrogens with zero attached hydrogens (tertiary/aromatic N) is 2. The van der Waals surface area contributed by atoms with Crippen LogP contribution in [0.3, 0.4) is 0 Å². The third kappa shape index (κ3) is 3.95. The average Bonchev–Trinajstić information content (AvgIpc) is 2.77. The molecule has 1 heterocycles. The van der Waals surface area contributed by atoms with E-state index in [4.69, 9.17) is 5.11 Å². The lowest BCUT2D eigenvalue weighted by Gasteiger charge is -2.04. The van der Waals surface area contributed by atoms with E-state index in [1.165, 1.54) is 10.9 Å². The van der Waals surface area contributed by atoms with Gasteiger partial charge < -0.3 is 10.4 Å². The molecule has 2 amide bonds. The molecule has 8 heteroatoms. The Morgan fingerprint density at radius 1 is 1.50 bits per heavy atom. The minimum atomic E-state index is -1.06. The molecule has 0 fully saturated rings. The molecule has 0 saturated heterocycles. The van der Waals surface area contributed by atoms with Gasteiger partial charge in [0.05, 0.1) is 0 Å². The molecule has 100 valence electrons. The van der Waals surface area contributed by atoms with Crippen molar-refractivity contribution in [2.24, 2.45) is 0 Å². The van der Waals surface area contributed by atoms with E-state index in [1.807, 2.05) is 13.8 Å². The first kappa shape index (κ1) is 14.4. The Bertz CT molecular complexity index is 433. The maximum Gasteiger partial charge on any atom is 0.340 e. The van der Waals surface area contributed by atoms with E-state index in [1.54, 1.807) is 0 Å². The molecule has 18 heavy (non-hydrogen) atoms. The second-order valence-corrected chi connectivity index (χ2v) is 4.26. The van der Waals surface area contributed by atoms with Crippen molar-refractivity contribution >= 4 is 23.9 Å². The number of carbonyl (C=O) groups excluding carboxylic acids is 1. The van der Waals surface area contributed by atoms with Crippen molar-refractivity contribution in [2.75, 3.05) is 6.54 Å². The van der Waals surface area contributed by atoms with E-state index in [0.717, 1.165) is 18.4 Å². The molecule has 0 aliphatic carbocycles. The van der Waals surface area contributed by atoms with E-state index in [9.17, 15) is 9.59 Å². The summed E-state index contributed by atoms with van der Waals surface area (Å²) in [5, 5.41) is 15.9. The van der Waals surface area contributed by atoms with Gasteiger partial charge >= 0.3 is 12.0 Å². The molecule has 7 nitrogen and oxygen atoms in total. The Kier molecular flexibility index (Phi) is 5.50. The van der Waals surface area contributed by atoms with Crippen LogP contribution in [0.1, 0.15) is 30.6 Å². The Balaban J connectivity index is 2.63. The maximum absolute atomic E-state index is 11.3. The number of carbonyl (C=O) groups is 2. The first-order valence-corrected chi connectivity index (χ1v) is 6.41. The van der Waals surface area contributed by atoms with E-state index in [2.05, 4.69) is 15.1 Å². The highest BCUT2D eigenvalue weighted by Gasteiger charge is 2.16. The van der Waals surface area contributed by atoms with E-state index < -0.39 is 5.97 Å². The molecule has 0 bridgehead atoms. The number of carboxylic acid groups (broad SMARTS) is 1. The van der Waals surface area contributed by atoms with Gasteiger partial charge in [-0.15, -0.1) is 0 Å². The van der Waals surface area contributed by atoms with Crippen LogP contribution in [-0.4, -0.2) is 33.4 Å². The fourth-order valence-electron chi connectivity index (χ4n) is 1.16. The minimum Gasteiger partial charge on any atom is -0.478 e. The molecule has 0 atom stereocenters. The SMILES string of the molecule is CCCNC(=O)NSc1nn(CC)cc1C(=O)O. The summed E-state index contributed by atoms with van der Waals surface area (Å²) >= 11 is 0.895. The number of aromatic carboxylic acids is 1. The number of carboxylic acids is 1. The Morgan fingerprint density at radius 3 is 2.78 bits per heavy atom. The predicted molar refractivity (Wildman–Crippen MR) is 67.5 cm³/mol. The summed E-state index contributed by atoms with van der Waals surface area (Å²) in [6.45, 7) is 4.94. The fourth-order valence-corrected chi connectivity index (χ4v) is 1.81. The van der Waals surface area contributed by atoms with Gasteiger partial charge in [-0.05, 0) is 13.3 Å². The molecule has 0 aliphatic rings. The molecule has 0 aliphatic heterocycles. The van der Waals surface area contributed by atoms with Crippen LogP contribution in [0.5, 0.6) is 0 Å². The third-order valence-corrected chi connectivity index (χ3v) is 2.84. The van der Waals surface area contributed by atoms with Gasteiger partial charge in [0, 0.05) is 31.2 Å². The molecule has 1 aromatic rings. The quantitative estimate of drug-likeness (QED) is 0.679. The zero-order chi connectivity index (χ0) is 13.5. The monoisotopic (exact) mass is 272 g/mol. The molecule has 1 aromatic heterocycles. The van der Waals surface area contributed by atoms with E-state index >= 15 is 0 Å². The number of urea groups is 1. The average molecular weight is 272 g/mol. The smallest absolute Gasteiger partial charge is 0.340 e. The standard InChI is InChI=1S/C10H16N4O3S/c1-3-5-11-10(17)13-18-8-7(9(15)16)6-14(4-2)12-8/h6H,3-5H2,1-2H3,(H,15,16)(H2,11,13,17). The van der Waals surface area contributed by atoms with Crippen LogP contribution in [0.2, 0.25) is 0 Å². The number of amides is 2. The van der Waals surface area contributed by atoms with Crippen molar-refractivity contribution in [1.29, 1.82) is 0 Å². The second-order valence-electron chi connectivity index (χ2n) is 3.47. The topological polar surface area (TPSA) is 96.3 Å². The van der Waals surface area contributed by atoms with Crippen LogP contribution < -0.4 is 10.0 Å². The molecule has 0 unspecified atom stereocenters. The van der Waals surface area contributed by atoms with Gasteiger partial charge in [0.1, 0.15) is 5.56 Å². The number of aromatic nitrogens is 2. The third-order valence-electron chi connectivity index (χ3n) is 2.06. The first-order valence-electron chi connectivity index (χ1n) is 5.59. The molecule has 0 aromatic carbocycles. The Hall–Kier alpha value is -1.70. The van der Waals surface area contributed by atoms with E-state index in [-0.39, 0.29) is 16.6 Å². The number of hydrogen-bond acceptors (Lipinski definition) is 4. The zero-order valence-corrected chi connectivity index (χ0v) is 11.1. The highest BCUT2D eigenvalue weighted by molar-refractivity contribution is 7.98. The summed E-state index contributed by atoms with van der Waals surface area (Å²) in [5.41, 5.74) is 0.0811. The van der Waals surface area contributed by atoms with Crippen LogP contribution in [-0.2, 0) is 6.54 Å². The van der Waals surface area contributed by atoms with Gasteiger partial charge in [-0.1, -0.05) is 6.92 Å². The Labute approximate surface area is 109 Å². The van der Waals surface area contributed by atoms with Crippen LogP contribution in [0.15, 0.2) is 11.2 Å². The largest absolute Gasteiger partial charge is 0.478 e.